The standard InChI is InChI=1S/C19H15N3O3S2/c1-24-14-8-5-6-11(16(14)25-2)17(23)22-19-21-13(10-26-19)18-20-12-7-3-4-9-15(12)27-18/h3-10H,1-2H3,(H,21,22,23). The maximum Gasteiger partial charge on any atom is 0.261 e. The van der Waals surface area contributed by atoms with E-state index < -0.39 is 0 Å². The number of benzene rings is 2. The summed E-state index contributed by atoms with van der Waals surface area (Å²) in [5.74, 6) is 0.579. The van der Waals surface area contributed by atoms with E-state index in [-0.39, 0.29) is 5.91 Å². The number of anilines is 1. The molecule has 0 saturated heterocycles. The monoisotopic (exact) mass is 397 g/mol. The van der Waals surface area contributed by atoms with Crippen LogP contribution in [-0.4, -0.2) is 30.1 Å². The Hall–Kier alpha value is -2.97. The highest BCUT2D eigenvalue weighted by Gasteiger charge is 2.18. The molecule has 136 valence electrons. The molecular formula is C19H15N3O3S2. The average Bonchev–Trinajstić information content (AvgIpc) is 3.33. The van der Waals surface area contributed by atoms with E-state index in [9.17, 15) is 4.79 Å². The number of amides is 1. The van der Waals surface area contributed by atoms with Gasteiger partial charge in [-0.25, -0.2) is 9.97 Å². The van der Waals surface area contributed by atoms with Crippen LogP contribution >= 0.6 is 22.7 Å². The molecule has 0 bridgehead atoms. The summed E-state index contributed by atoms with van der Waals surface area (Å²) in [5, 5.41) is 6.03. The second-order valence-corrected chi connectivity index (χ2v) is 7.41. The lowest BCUT2D eigenvalue weighted by Crippen LogP contribution is -2.13. The van der Waals surface area contributed by atoms with Gasteiger partial charge in [0.1, 0.15) is 10.7 Å². The molecule has 0 saturated carbocycles. The van der Waals surface area contributed by atoms with Crippen LogP contribution in [0.5, 0.6) is 11.5 Å². The molecule has 0 unspecified atom stereocenters. The number of carbonyl (C=O) groups is 1. The van der Waals surface area contributed by atoms with E-state index in [4.69, 9.17) is 9.47 Å². The number of thiazole rings is 2. The second kappa shape index (κ2) is 7.34. The number of ether oxygens (including phenoxy) is 2. The lowest BCUT2D eigenvalue weighted by Gasteiger charge is -2.11. The maximum absolute atomic E-state index is 12.7. The largest absolute Gasteiger partial charge is 0.493 e. The van der Waals surface area contributed by atoms with Gasteiger partial charge in [0.25, 0.3) is 5.91 Å². The number of hydrogen-bond donors (Lipinski definition) is 1. The fourth-order valence-electron chi connectivity index (χ4n) is 2.64. The van der Waals surface area contributed by atoms with Crippen LogP contribution in [0.25, 0.3) is 20.9 Å². The number of aromatic nitrogens is 2. The summed E-state index contributed by atoms with van der Waals surface area (Å²) >= 11 is 2.93. The Bertz CT molecular complexity index is 1090. The van der Waals surface area contributed by atoms with Crippen LogP contribution in [0, 0.1) is 0 Å². The minimum Gasteiger partial charge on any atom is -0.493 e. The molecule has 4 rings (SSSR count). The van der Waals surface area contributed by atoms with E-state index in [2.05, 4.69) is 15.3 Å². The van der Waals surface area contributed by atoms with E-state index in [1.165, 1.54) is 25.6 Å². The molecule has 2 aromatic carbocycles. The van der Waals surface area contributed by atoms with Gasteiger partial charge in [0, 0.05) is 5.38 Å². The van der Waals surface area contributed by atoms with Crippen LogP contribution in [0.3, 0.4) is 0 Å². The number of carbonyl (C=O) groups excluding carboxylic acids is 1. The zero-order valence-corrected chi connectivity index (χ0v) is 16.2. The van der Waals surface area contributed by atoms with Gasteiger partial charge in [-0.15, -0.1) is 22.7 Å². The number of rotatable bonds is 5. The van der Waals surface area contributed by atoms with Crippen molar-refractivity contribution >= 4 is 43.9 Å². The average molecular weight is 397 g/mol. The SMILES string of the molecule is COc1cccc(C(=O)Nc2nc(-c3nc4ccccc4s3)cs2)c1OC. The van der Waals surface area contributed by atoms with Gasteiger partial charge in [0.05, 0.1) is 30.0 Å². The van der Waals surface area contributed by atoms with Crippen LogP contribution in [0.15, 0.2) is 47.8 Å². The Kier molecular flexibility index (Phi) is 4.74. The number of nitrogens with zero attached hydrogens (tertiary/aromatic N) is 2. The predicted octanol–water partition coefficient (Wildman–Crippen LogP) is 4.69. The number of hydrogen-bond acceptors (Lipinski definition) is 7. The summed E-state index contributed by atoms with van der Waals surface area (Å²) < 4.78 is 11.7. The van der Waals surface area contributed by atoms with Crippen LogP contribution < -0.4 is 14.8 Å². The first kappa shape index (κ1) is 17.4. The van der Waals surface area contributed by atoms with Crippen molar-refractivity contribution in [1.82, 2.24) is 9.97 Å². The van der Waals surface area contributed by atoms with Crippen LogP contribution in [0.4, 0.5) is 5.13 Å². The Labute approximate surface area is 163 Å². The summed E-state index contributed by atoms with van der Waals surface area (Å²) in [6.45, 7) is 0. The van der Waals surface area contributed by atoms with Crippen molar-refractivity contribution in [1.29, 1.82) is 0 Å². The summed E-state index contributed by atoms with van der Waals surface area (Å²) in [6.07, 6.45) is 0. The molecule has 6 nitrogen and oxygen atoms in total. The van der Waals surface area contributed by atoms with Crippen molar-refractivity contribution in [3.63, 3.8) is 0 Å². The molecular weight excluding hydrogens is 382 g/mol. The van der Waals surface area contributed by atoms with Crippen LogP contribution in [0.1, 0.15) is 10.4 Å². The zero-order chi connectivity index (χ0) is 18.8. The first-order valence-corrected chi connectivity index (χ1v) is 9.73. The van der Waals surface area contributed by atoms with Crippen LogP contribution in [-0.2, 0) is 0 Å². The molecule has 27 heavy (non-hydrogen) atoms. The van der Waals surface area contributed by atoms with Crippen molar-refractivity contribution in [2.75, 3.05) is 19.5 Å². The lowest BCUT2D eigenvalue weighted by atomic mass is 10.1. The molecule has 1 N–H and O–H groups in total. The first-order valence-electron chi connectivity index (χ1n) is 8.03. The number of nitrogens with one attached hydrogen (secondary N) is 1. The third-order valence-corrected chi connectivity index (χ3v) is 5.70. The molecule has 2 heterocycles. The molecule has 0 radical (unpaired) electrons. The Morgan fingerprint density at radius 1 is 1.04 bits per heavy atom. The number of fused-ring (bicyclic) bond motifs is 1. The molecule has 1 amide bonds. The highest BCUT2D eigenvalue weighted by Crippen LogP contribution is 2.33. The van der Waals surface area contributed by atoms with E-state index >= 15 is 0 Å². The molecule has 4 aromatic rings. The summed E-state index contributed by atoms with van der Waals surface area (Å²) in [4.78, 5) is 21.8. The van der Waals surface area contributed by atoms with Crippen molar-refractivity contribution in [3.8, 4) is 22.2 Å². The molecule has 0 fully saturated rings. The minimum atomic E-state index is -0.309. The van der Waals surface area contributed by atoms with Gasteiger partial charge in [0.15, 0.2) is 16.6 Å². The van der Waals surface area contributed by atoms with Crippen LogP contribution in [0.2, 0.25) is 0 Å². The number of methoxy groups -OCH3 is 2. The zero-order valence-electron chi connectivity index (χ0n) is 14.6. The molecule has 0 aliphatic carbocycles. The van der Waals surface area contributed by atoms with Crippen molar-refractivity contribution in [2.24, 2.45) is 0 Å². The quantitative estimate of drug-likeness (QED) is 0.529. The minimum absolute atomic E-state index is 0.309. The van der Waals surface area contributed by atoms with Gasteiger partial charge in [-0.1, -0.05) is 18.2 Å². The maximum atomic E-state index is 12.7. The third-order valence-electron chi connectivity index (χ3n) is 3.89. The van der Waals surface area contributed by atoms with Crippen molar-refractivity contribution in [3.05, 3.63) is 53.4 Å². The van der Waals surface area contributed by atoms with Gasteiger partial charge >= 0.3 is 0 Å². The van der Waals surface area contributed by atoms with Gasteiger partial charge in [-0.3, -0.25) is 10.1 Å². The fourth-order valence-corrected chi connectivity index (χ4v) is 4.33. The van der Waals surface area contributed by atoms with Gasteiger partial charge in [-0.05, 0) is 24.3 Å². The topological polar surface area (TPSA) is 73.3 Å². The van der Waals surface area contributed by atoms with Crippen molar-refractivity contribution in [2.45, 2.75) is 0 Å². The molecule has 0 atom stereocenters. The Balaban J connectivity index is 1.58. The molecule has 8 heteroatoms. The fraction of sp³-hybridized carbons (Fsp3) is 0.105. The molecule has 0 aliphatic heterocycles. The first-order chi connectivity index (χ1) is 13.2. The van der Waals surface area contributed by atoms with E-state index in [0.717, 1.165) is 20.9 Å². The Morgan fingerprint density at radius 3 is 2.67 bits per heavy atom. The summed E-state index contributed by atoms with van der Waals surface area (Å²) in [5.41, 5.74) is 2.07. The third kappa shape index (κ3) is 3.36. The van der Waals surface area contributed by atoms with Gasteiger partial charge in [-0.2, -0.15) is 0 Å². The van der Waals surface area contributed by atoms with E-state index in [1.807, 2.05) is 29.6 Å². The molecule has 0 aliphatic rings. The smallest absolute Gasteiger partial charge is 0.261 e. The highest BCUT2D eigenvalue weighted by atomic mass is 32.1. The van der Waals surface area contributed by atoms with Gasteiger partial charge in [0.2, 0.25) is 0 Å². The lowest BCUT2D eigenvalue weighted by molar-refractivity contribution is 0.102. The highest BCUT2D eigenvalue weighted by molar-refractivity contribution is 7.22. The Morgan fingerprint density at radius 2 is 1.89 bits per heavy atom. The molecule has 2 aromatic heterocycles. The van der Waals surface area contributed by atoms with Gasteiger partial charge < -0.3 is 9.47 Å². The van der Waals surface area contributed by atoms with Crippen molar-refractivity contribution < 1.29 is 14.3 Å². The normalized spacial score (nSPS) is 10.7. The second-order valence-electron chi connectivity index (χ2n) is 5.52. The summed E-state index contributed by atoms with van der Waals surface area (Å²) in [6, 6.07) is 13.1. The van der Waals surface area contributed by atoms with E-state index in [0.29, 0.717) is 22.2 Å². The predicted molar refractivity (Wildman–Crippen MR) is 108 cm³/mol. The molecule has 0 spiro atoms. The number of para-hydroxylation sites is 2. The summed E-state index contributed by atoms with van der Waals surface area (Å²) in [7, 11) is 3.04. The van der Waals surface area contributed by atoms with E-state index in [1.54, 1.807) is 29.5 Å².